The Kier molecular flexibility index (Phi) is 7.05. The number of alkyl halides is 3. The third-order valence-electron chi connectivity index (χ3n) is 3.50. The normalized spacial score (nSPS) is 12.9. The molecular weight excluding hydrogens is 423 g/mol. The average molecular weight is 441 g/mol. The highest BCUT2D eigenvalue weighted by Crippen LogP contribution is 2.26. The minimum absolute atomic E-state index is 0.0380. The SMILES string of the molecule is C=N/C(=C\C=C\c1cc(C(=O)NCC(C)(C)O)c(=O)n(-c2cnsc2)n1)C(F)(F)F. The van der Waals surface area contributed by atoms with Crippen molar-refractivity contribution in [3.05, 3.63) is 57.1 Å². The number of aliphatic hydroxyl groups is 1. The fourth-order valence-electron chi connectivity index (χ4n) is 2.10. The third kappa shape index (κ3) is 6.19. The Labute approximate surface area is 173 Å². The molecule has 8 nitrogen and oxygen atoms in total. The van der Waals surface area contributed by atoms with Gasteiger partial charge in [0, 0.05) is 11.9 Å². The molecule has 0 radical (unpaired) electrons. The fraction of sp³-hybridized carbons (Fsp3) is 0.278. The van der Waals surface area contributed by atoms with Gasteiger partial charge >= 0.3 is 6.18 Å². The smallest absolute Gasteiger partial charge is 0.389 e. The van der Waals surface area contributed by atoms with Gasteiger partial charge in [-0.2, -0.15) is 27.3 Å². The number of hydrogen-bond acceptors (Lipinski definition) is 7. The molecule has 0 aliphatic rings. The van der Waals surface area contributed by atoms with Gasteiger partial charge in [0.05, 0.1) is 23.2 Å². The van der Waals surface area contributed by atoms with Crippen LogP contribution in [-0.2, 0) is 0 Å². The lowest BCUT2D eigenvalue weighted by Crippen LogP contribution is -2.41. The van der Waals surface area contributed by atoms with Crippen LogP contribution in [0.1, 0.15) is 29.9 Å². The highest BCUT2D eigenvalue weighted by molar-refractivity contribution is 7.03. The summed E-state index contributed by atoms with van der Waals surface area (Å²) >= 11 is 1.05. The van der Waals surface area contributed by atoms with E-state index < -0.39 is 28.9 Å². The Balaban J connectivity index is 2.48. The van der Waals surface area contributed by atoms with Gasteiger partial charge in [0.1, 0.15) is 11.3 Å². The van der Waals surface area contributed by atoms with Crippen LogP contribution in [0.3, 0.4) is 0 Å². The second-order valence-corrected chi connectivity index (χ2v) is 7.30. The van der Waals surface area contributed by atoms with Gasteiger partial charge in [0.25, 0.3) is 11.5 Å². The van der Waals surface area contributed by atoms with Crippen LogP contribution in [0.5, 0.6) is 0 Å². The Hall–Kier alpha value is -3.12. The van der Waals surface area contributed by atoms with E-state index in [2.05, 4.69) is 26.5 Å². The van der Waals surface area contributed by atoms with E-state index in [-0.39, 0.29) is 23.5 Å². The van der Waals surface area contributed by atoms with Gasteiger partial charge in [0.2, 0.25) is 0 Å². The lowest BCUT2D eigenvalue weighted by atomic mass is 10.1. The Morgan fingerprint density at radius 1 is 1.43 bits per heavy atom. The monoisotopic (exact) mass is 441 g/mol. The summed E-state index contributed by atoms with van der Waals surface area (Å²) in [5, 5.41) is 17.8. The molecule has 0 fully saturated rings. The summed E-state index contributed by atoms with van der Waals surface area (Å²) in [6.45, 7) is 5.70. The molecule has 12 heteroatoms. The number of carbonyl (C=O) groups excluding carboxylic acids is 1. The molecular formula is C18H18F3N5O3S. The van der Waals surface area contributed by atoms with Crippen LogP contribution in [0.25, 0.3) is 11.8 Å². The number of nitrogens with zero attached hydrogens (tertiary/aromatic N) is 4. The summed E-state index contributed by atoms with van der Waals surface area (Å²) in [5.74, 6) is -0.768. The topological polar surface area (TPSA) is 109 Å². The first-order valence-electron chi connectivity index (χ1n) is 8.39. The van der Waals surface area contributed by atoms with Crippen molar-refractivity contribution in [2.75, 3.05) is 6.54 Å². The van der Waals surface area contributed by atoms with Crippen molar-refractivity contribution >= 4 is 30.2 Å². The number of carbonyl (C=O) groups is 1. The predicted molar refractivity (Wildman–Crippen MR) is 107 cm³/mol. The molecule has 0 aliphatic carbocycles. The number of hydrogen-bond donors (Lipinski definition) is 2. The van der Waals surface area contributed by atoms with Crippen molar-refractivity contribution in [2.45, 2.75) is 25.6 Å². The molecule has 0 atom stereocenters. The molecule has 0 saturated heterocycles. The van der Waals surface area contributed by atoms with Crippen LogP contribution in [0.15, 0.2) is 45.3 Å². The van der Waals surface area contributed by atoms with Crippen molar-refractivity contribution in [2.24, 2.45) is 4.99 Å². The van der Waals surface area contributed by atoms with E-state index in [1.165, 1.54) is 31.5 Å². The number of halogens is 3. The Bertz CT molecular complexity index is 1030. The maximum absolute atomic E-state index is 12.7. The summed E-state index contributed by atoms with van der Waals surface area (Å²) in [6.07, 6.45) is -0.431. The minimum atomic E-state index is -4.68. The number of allylic oxidation sites excluding steroid dienone is 3. The summed E-state index contributed by atoms with van der Waals surface area (Å²) in [6, 6.07) is 1.14. The van der Waals surface area contributed by atoms with E-state index in [0.29, 0.717) is 6.08 Å². The summed E-state index contributed by atoms with van der Waals surface area (Å²) in [5.41, 5.74) is -3.15. The molecule has 30 heavy (non-hydrogen) atoms. The van der Waals surface area contributed by atoms with E-state index >= 15 is 0 Å². The molecule has 1 amide bonds. The number of amides is 1. The standard InChI is InChI=1S/C18H18F3N5O3S/c1-17(2,29)10-23-15(27)13-7-11(5-4-6-14(22-3)18(19,20)21)25-26(16(13)28)12-8-24-30-9-12/h4-9,29H,3,10H2,1-2H3,(H,23,27)/b5-4+,14-6-. The Morgan fingerprint density at radius 2 is 2.13 bits per heavy atom. The molecule has 2 N–H and O–H groups in total. The van der Waals surface area contributed by atoms with Crippen LogP contribution >= 0.6 is 11.5 Å². The highest BCUT2D eigenvalue weighted by atomic mass is 32.1. The van der Waals surface area contributed by atoms with Gasteiger partial charge in [-0.05, 0) is 50.3 Å². The molecule has 2 aromatic heterocycles. The van der Waals surface area contributed by atoms with Gasteiger partial charge in [-0.15, -0.1) is 0 Å². The first-order chi connectivity index (χ1) is 13.9. The molecule has 160 valence electrons. The fourth-order valence-corrected chi connectivity index (χ4v) is 2.60. The van der Waals surface area contributed by atoms with Gasteiger partial charge < -0.3 is 10.4 Å². The van der Waals surface area contributed by atoms with Crippen molar-refractivity contribution < 1.29 is 23.1 Å². The summed E-state index contributed by atoms with van der Waals surface area (Å²) in [4.78, 5) is 28.1. The number of rotatable bonds is 7. The van der Waals surface area contributed by atoms with Crippen LogP contribution in [0.2, 0.25) is 0 Å². The second-order valence-electron chi connectivity index (χ2n) is 6.64. The lowest BCUT2D eigenvalue weighted by Gasteiger charge is -2.17. The first kappa shape index (κ1) is 23.2. The minimum Gasteiger partial charge on any atom is -0.389 e. The molecule has 2 heterocycles. The van der Waals surface area contributed by atoms with Crippen LogP contribution in [0, 0.1) is 0 Å². The van der Waals surface area contributed by atoms with Gasteiger partial charge in [-0.3, -0.25) is 14.6 Å². The zero-order valence-electron chi connectivity index (χ0n) is 16.0. The average Bonchev–Trinajstić information content (AvgIpc) is 3.17. The first-order valence-corrected chi connectivity index (χ1v) is 9.23. The zero-order chi connectivity index (χ0) is 22.5. The molecule has 2 aromatic rings. The van der Waals surface area contributed by atoms with Crippen LogP contribution in [0.4, 0.5) is 13.2 Å². The van der Waals surface area contributed by atoms with Crippen molar-refractivity contribution in [1.82, 2.24) is 19.5 Å². The van der Waals surface area contributed by atoms with Crippen molar-refractivity contribution in [3.63, 3.8) is 0 Å². The van der Waals surface area contributed by atoms with Crippen LogP contribution in [-0.4, -0.2) is 50.2 Å². The molecule has 0 unspecified atom stereocenters. The van der Waals surface area contributed by atoms with Gasteiger partial charge in [-0.1, -0.05) is 6.08 Å². The van der Waals surface area contributed by atoms with E-state index in [0.717, 1.165) is 28.4 Å². The molecule has 2 rings (SSSR count). The van der Waals surface area contributed by atoms with Gasteiger partial charge in [-0.25, -0.2) is 0 Å². The number of aliphatic imine (C=N–C) groups is 1. The summed E-state index contributed by atoms with van der Waals surface area (Å²) < 4.78 is 43.0. The molecule has 0 bridgehead atoms. The zero-order valence-corrected chi connectivity index (χ0v) is 16.8. The van der Waals surface area contributed by atoms with E-state index in [1.54, 1.807) is 0 Å². The van der Waals surface area contributed by atoms with Crippen molar-refractivity contribution in [3.8, 4) is 5.69 Å². The Morgan fingerprint density at radius 3 is 2.67 bits per heavy atom. The van der Waals surface area contributed by atoms with Crippen LogP contribution < -0.4 is 10.9 Å². The largest absolute Gasteiger partial charge is 0.433 e. The predicted octanol–water partition coefficient (Wildman–Crippen LogP) is 2.35. The van der Waals surface area contributed by atoms with E-state index in [9.17, 15) is 27.9 Å². The van der Waals surface area contributed by atoms with E-state index in [1.807, 2.05) is 0 Å². The number of nitrogens with one attached hydrogen (secondary N) is 1. The number of aromatic nitrogens is 3. The van der Waals surface area contributed by atoms with E-state index in [4.69, 9.17) is 0 Å². The quantitative estimate of drug-likeness (QED) is 0.506. The van der Waals surface area contributed by atoms with Crippen molar-refractivity contribution in [1.29, 1.82) is 0 Å². The van der Waals surface area contributed by atoms with Gasteiger partial charge in [0.15, 0.2) is 0 Å². The molecule has 0 spiro atoms. The summed E-state index contributed by atoms with van der Waals surface area (Å²) in [7, 11) is 0. The maximum Gasteiger partial charge on any atom is 0.433 e. The third-order valence-corrected chi connectivity index (χ3v) is 4.08. The maximum atomic E-state index is 12.7. The molecule has 0 aliphatic heterocycles. The molecule has 0 saturated carbocycles. The molecule has 0 aromatic carbocycles. The lowest BCUT2D eigenvalue weighted by molar-refractivity contribution is -0.0922. The highest BCUT2D eigenvalue weighted by Gasteiger charge is 2.32. The second kappa shape index (κ2) is 9.13.